The van der Waals surface area contributed by atoms with Gasteiger partial charge in [-0.25, -0.2) is 0 Å². The molecule has 1 fully saturated rings. The van der Waals surface area contributed by atoms with Gasteiger partial charge in [0.25, 0.3) is 0 Å². The molecule has 4 heteroatoms. The number of hydrogen-bond acceptors (Lipinski definition) is 4. The van der Waals surface area contributed by atoms with Crippen molar-refractivity contribution in [3.05, 3.63) is 0 Å². The summed E-state index contributed by atoms with van der Waals surface area (Å²) in [6, 6.07) is 0.293. The Morgan fingerprint density at radius 1 is 1.44 bits per heavy atom. The number of carbonyl (C=O) groups excluding carboxylic acids is 1. The normalized spacial score (nSPS) is 23.1. The maximum absolute atomic E-state index is 12.2. The predicted molar refractivity (Wildman–Crippen MR) is 71.5 cm³/mol. The maximum Gasteiger partial charge on any atom is 0.323 e. The van der Waals surface area contributed by atoms with Gasteiger partial charge in [0, 0.05) is 19.8 Å². The Morgan fingerprint density at radius 3 is 2.67 bits per heavy atom. The molecule has 0 bridgehead atoms. The van der Waals surface area contributed by atoms with E-state index in [2.05, 4.69) is 11.8 Å². The second-order valence-electron chi connectivity index (χ2n) is 6.06. The Kier molecular flexibility index (Phi) is 5.60. The van der Waals surface area contributed by atoms with Gasteiger partial charge in [0.15, 0.2) is 0 Å². The van der Waals surface area contributed by atoms with E-state index >= 15 is 0 Å². The Bertz CT molecular complexity index is 273. The molecule has 0 saturated carbocycles. The lowest BCUT2D eigenvalue weighted by Crippen LogP contribution is -2.44. The van der Waals surface area contributed by atoms with Crippen LogP contribution in [0, 0.1) is 0 Å². The van der Waals surface area contributed by atoms with Crippen LogP contribution in [0.15, 0.2) is 0 Å². The zero-order valence-electron chi connectivity index (χ0n) is 12.4. The van der Waals surface area contributed by atoms with E-state index in [0.29, 0.717) is 6.04 Å². The molecular weight excluding hydrogens is 230 g/mol. The standard InChI is InChI=1S/C14H27NO3/c1-11(8-10-17-5)15-9-6-7-12(15)13(16)18-14(2,3)4/h11-12H,6-10H2,1-5H3/t11?,12-/m0/s1. The summed E-state index contributed by atoms with van der Waals surface area (Å²) in [6.07, 6.45) is 2.93. The van der Waals surface area contributed by atoms with E-state index in [1.807, 2.05) is 20.8 Å². The molecular formula is C14H27NO3. The lowest BCUT2D eigenvalue weighted by atomic mass is 10.1. The molecule has 1 aliphatic heterocycles. The highest BCUT2D eigenvalue weighted by atomic mass is 16.6. The summed E-state index contributed by atoms with van der Waals surface area (Å²) in [7, 11) is 1.71. The molecule has 0 aromatic rings. The molecule has 0 aromatic heterocycles. The van der Waals surface area contributed by atoms with Crippen molar-refractivity contribution in [3.8, 4) is 0 Å². The molecule has 106 valence electrons. The van der Waals surface area contributed by atoms with Crippen molar-refractivity contribution in [3.63, 3.8) is 0 Å². The van der Waals surface area contributed by atoms with Gasteiger partial charge in [0.2, 0.25) is 0 Å². The van der Waals surface area contributed by atoms with Crippen LogP contribution in [0.2, 0.25) is 0 Å². The molecule has 1 unspecified atom stereocenters. The first-order chi connectivity index (χ1) is 8.35. The number of hydrogen-bond donors (Lipinski definition) is 0. The van der Waals surface area contributed by atoms with Crippen LogP contribution in [0.25, 0.3) is 0 Å². The average Bonchev–Trinajstić information content (AvgIpc) is 2.72. The summed E-state index contributed by atoms with van der Waals surface area (Å²) in [6.45, 7) is 9.62. The summed E-state index contributed by atoms with van der Waals surface area (Å²) in [5, 5.41) is 0. The first kappa shape index (κ1) is 15.4. The van der Waals surface area contributed by atoms with E-state index in [-0.39, 0.29) is 12.0 Å². The Hall–Kier alpha value is -0.610. The second-order valence-corrected chi connectivity index (χ2v) is 6.06. The van der Waals surface area contributed by atoms with E-state index < -0.39 is 5.60 Å². The molecule has 4 nitrogen and oxygen atoms in total. The fourth-order valence-electron chi connectivity index (χ4n) is 2.39. The average molecular weight is 257 g/mol. The Morgan fingerprint density at radius 2 is 2.11 bits per heavy atom. The number of methoxy groups -OCH3 is 1. The van der Waals surface area contributed by atoms with Crippen molar-refractivity contribution >= 4 is 5.97 Å². The molecule has 0 N–H and O–H groups in total. The summed E-state index contributed by atoms with van der Waals surface area (Å²) in [5.74, 6) is -0.0794. The van der Waals surface area contributed by atoms with Crippen molar-refractivity contribution in [2.45, 2.75) is 64.6 Å². The third kappa shape index (κ3) is 4.58. The van der Waals surface area contributed by atoms with Crippen molar-refractivity contribution in [2.24, 2.45) is 0 Å². The fraction of sp³-hybridized carbons (Fsp3) is 0.929. The minimum absolute atomic E-state index is 0.0731. The van der Waals surface area contributed by atoms with E-state index in [4.69, 9.17) is 9.47 Å². The van der Waals surface area contributed by atoms with Gasteiger partial charge >= 0.3 is 5.97 Å². The molecule has 2 atom stereocenters. The minimum Gasteiger partial charge on any atom is -0.459 e. The largest absolute Gasteiger partial charge is 0.459 e. The zero-order valence-corrected chi connectivity index (χ0v) is 12.4. The number of nitrogens with zero attached hydrogens (tertiary/aromatic N) is 1. The van der Waals surface area contributed by atoms with Crippen LogP contribution in [0.5, 0.6) is 0 Å². The van der Waals surface area contributed by atoms with Crippen molar-refractivity contribution in [1.29, 1.82) is 0 Å². The highest BCUT2D eigenvalue weighted by Crippen LogP contribution is 2.24. The van der Waals surface area contributed by atoms with Gasteiger partial charge in [-0.3, -0.25) is 9.69 Å². The monoisotopic (exact) mass is 257 g/mol. The SMILES string of the molecule is COCCC(C)N1CCC[C@H]1C(=O)OC(C)(C)C. The van der Waals surface area contributed by atoms with E-state index in [0.717, 1.165) is 32.4 Å². The third-order valence-electron chi connectivity index (χ3n) is 3.28. The van der Waals surface area contributed by atoms with E-state index in [9.17, 15) is 4.79 Å². The minimum atomic E-state index is -0.402. The fourth-order valence-corrected chi connectivity index (χ4v) is 2.39. The highest BCUT2D eigenvalue weighted by Gasteiger charge is 2.36. The lowest BCUT2D eigenvalue weighted by molar-refractivity contribution is -0.161. The molecule has 1 rings (SSSR count). The van der Waals surface area contributed by atoms with Crippen LogP contribution in [-0.4, -0.2) is 48.8 Å². The summed E-state index contributed by atoms with van der Waals surface area (Å²) in [5.41, 5.74) is -0.402. The van der Waals surface area contributed by atoms with Crippen LogP contribution in [0.4, 0.5) is 0 Å². The van der Waals surface area contributed by atoms with Crippen LogP contribution in [0.3, 0.4) is 0 Å². The van der Waals surface area contributed by atoms with Gasteiger partial charge in [0.05, 0.1) is 0 Å². The van der Waals surface area contributed by atoms with Crippen LogP contribution in [0.1, 0.15) is 47.0 Å². The third-order valence-corrected chi connectivity index (χ3v) is 3.28. The van der Waals surface area contributed by atoms with Crippen LogP contribution < -0.4 is 0 Å². The van der Waals surface area contributed by atoms with Crippen molar-refractivity contribution < 1.29 is 14.3 Å². The van der Waals surface area contributed by atoms with Gasteiger partial charge in [-0.15, -0.1) is 0 Å². The van der Waals surface area contributed by atoms with Gasteiger partial charge in [-0.1, -0.05) is 0 Å². The number of rotatable bonds is 5. The van der Waals surface area contributed by atoms with Crippen LogP contribution in [-0.2, 0) is 14.3 Å². The molecule has 0 aromatic carbocycles. The second kappa shape index (κ2) is 6.53. The number of carbonyl (C=O) groups is 1. The van der Waals surface area contributed by atoms with Gasteiger partial charge in [0.1, 0.15) is 11.6 Å². The highest BCUT2D eigenvalue weighted by molar-refractivity contribution is 5.76. The number of ether oxygens (including phenoxy) is 2. The Labute approximate surface area is 111 Å². The molecule has 0 radical (unpaired) electrons. The van der Waals surface area contributed by atoms with Gasteiger partial charge in [-0.05, 0) is 53.5 Å². The first-order valence-electron chi connectivity index (χ1n) is 6.82. The van der Waals surface area contributed by atoms with Crippen molar-refractivity contribution in [1.82, 2.24) is 4.90 Å². The summed E-state index contributed by atoms with van der Waals surface area (Å²) >= 11 is 0. The zero-order chi connectivity index (χ0) is 13.8. The van der Waals surface area contributed by atoms with Crippen LogP contribution >= 0.6 is 0 Å². The quantitative estimate of drug-likeness (QED) is 0.708. The van der Waals surface area contributed by atoms with E-state index in [1.165, 1.54) is 0 Å². The summed E-state index contributed by atoms with van der Waals surface area (Å²) in [4.78, 5) is 14.4. The molecule has 0 spiro atoms. The molecule has 1 heterocycles. The molecule has 1 aliphatic rings. The first-order valence-corrected chi connectivity index (χ1v) is 6.82. The number of likely N-dealkylation sites (tertiary alicyclic amines) is 1. The maximum atomic E-state index is 12.2. The molecule has 1 saturated heterocycles. The summed E-state index contributed by atoms with van der Waals surface area (Å²) < 4.78 is 10.6. The molecule has 0 amide bonds. The van der Waals surface area contributed by atoms with Gasteiger partial charge < -0.3 is 9.47 Å². The van der Waals surface area contributed by atoms with Crippen molar-refractivity contribution in [2.75, 3.05) is 20.3 Å². The topological polar surface area (TPSA) is 38.8 Å². The predicted octanol–water partition coefficient (Wildman–Crippen LogP) is 2.22. The smallest absolute Gasteiger partial charge is 0.323 e. The van der Waals surface area contributed by atoms with E-state index in [1.54, 1.807) is 7.11 Å². The molecule has 18 heavy (non-hydrogen) atoms. The lowest BCUT2D eigenvalue weighted by Gasteiger charge is -2.31. The molecule has 0 aliphatic carbocycles. The number of esters is 1. The van der Waals surface area contributed by atoms with Gasteiger partial charge in [-0.2, -0.15) is 0 Å². The Balaban J connectivity index is 2.56.